The van der Waals surface area contributed by atoms with Crippen LogP contribution in [0.4, 0.5) is 0 Å². The highest BCUT2D eigenvalue weighted by Gasteiger charge is 2.18. The fourth-order valence-corrected chi connectivity index (χ4v) is 3.59. The third-order valence-electron chi connectivity index (χ3n) is 5.28. The van der Waals surface area contributed by atoms with Crippen LogP contribution in [0.3, 0.4) is 0 Å². The summed E-state index contributed by atoms with van der Waals surface area (Å²) in [5.41, 5.74) is 5.37. The van der Waals surface area contributed by atoms with Gasteiger partial charge in [0.25, 0.3) is 0 Å². The highest BCUT2D eigenvalue weighted by molar-refractivity contribution is 6.01. The normalized spacial score (nSPS) is 11.8. The molecule has 0 unspecified atom stereocenters. The molecule has 0 spiro atoms. The maximum atomic E-state index is 12.4. The molecule has 164 valence electrons. The van der Waals surface area contributed by atoms with Crippen molar-refractivity contribution in [1.82, 2.24) is 10.2 Å². The van der Waals surface area contributed by atoms with Crippen LogP contribution in [0.25, 0.3) is 27.7 Å². The van der Waals surface area contributed by atoms with Crippen LogP contribution in [-0.4, -0.2) is 52.2 Å². The van der Waals surface area contributed by atoms with Gasteiger partial charge in [-0.3, -0.25) is 4.79 Å². The molecule has 1 heterocycles. The number of ether oxygens (including phenoxy) is 2. The molecule has 1 amide bonds. The number of nitrogens with zero attached hydrogens (tertiary/aromatic N) is 1. The summed E-state index contributed by atoms with van der Waals surface area (Å²) in [6.45, 7) is 5.26. The predicted molar refractivity (Wildman–Crippen MR) is 125 cm³/mol. The Bertz CT molecular complexity index is 1090. The van der Waals surface area contributed by atoms with Crippen LogP contribution in [0, 0.1) is 6.92 Å². The van der Waals surface area contributed by atoms with E-state index in [0.717, 1.165) is 51.1 Å². The molecule has 6 heteroatoms. The van der Waals surface area contributed by atoms with Crippen molar-refractivity contribution >= 4 is 22.4 Å². The van der Waals surface area contributed by atoms with Crippen molar-refractivity contribution in [1.29, 1.82) is 0 Å². The van der Waals surface area contributed by atoms with Crippen molar-refractivity contribution in [3.05, 3.63) is 53.8 Å². The highest BCUT2D eigenvalue weighted by Crippen LogP contribution is 2.40. The Kier molecular flexibility index (Phi) is 7.02. The van der Waals surface area contributed by atoms with E-state index in [9.17, 15) is 4.79 Å². The number of likely N-dealkylation sites (N-methyl/N-ethyl adjacent to an activating group) is 1. The first-order valence-corrected chi connectivity index (χ1v) is 10.2. The number of amides is 1. The number of hydrogen-bond acceptors (Lipinski definition) is 5. The van der Waals surface area contributed by atoms with Gasteiger partial charge < -0.3 is 24.1 Å². The number of methoxy groups -OCH3 is 2. The van der Waals surface area contributed by atoms with Crippen molar-refractivity contribution in [2.24, 2.45) is 0 Å². The lowest BCUT2D eigenvalue weighted by Gasteiger charge is -2.14. The Morgan fingerprint density at radius 2 is 1.87 bits per heavy atom. The third-order valence-corrected chi connectivity index (χ3v) is 5.28. The topological polar surface area (TPSA) is 63.9 Å². The fraction of sp³-hybridized carbons (Fsp3) is 0.320. The van der Waals surface area contributed by atoms with Crippen molar-refractivity contribution in [2.75, 3.05) is 41.4 Å². The van der Waals surface area contributed by atoms with Gasteiger partial charge in [0.1, 0.15) is 17.1 Å². The van der Waals surface area contributed by atoms with Crippen LogP contribution in [0.1, 0.15) is 18.1 Å². The number of carbonyl (C=O) groups excluding carboxylic acids is 1. The minimum absolute atomic E-state index is 0.123. The largest absolute Gasteiger partial charge is 0.497 e. The molecule has 0 aliphatic rings. The van der Waals surface area contributed by atoms with Gasteiger partial charge in [-0.25, -0.2) is 0 Å². The average Bonchev–Trinajstić information content (AvgIpc) is 3.17. The van der Waals surface area contributed by atoms with Gasteiger partial charge in [0.2, 0.25) is 5.91 Å². The lowest BCUT2D eigenvalue weighted by molar-refractivity contribution is -0.116. The van der Waals surface area contributed by atoms with Gasteiger partial charge in [-0.05, 0) is 57.3 Å². The highest BCUT2D eigenvalue weighted by atomic mass is 16.5. The Balaban J connectivity index is 2.02. The molecule has 1 aromatic heterocycles. The number of benzene rings is 2. The van der Waals surface area contributed by atoms with Gasteiger partial charge >= 0.3 is 0 Å². The van der Waals surface area contributed by atoms with Gasteiger partial charge in [-0.1, -0.05) is 12.1 Å². The van der Waals surface area contributed by atoms with Crippen LogP contribution < -0.4 is 14.8 Å². The summed E-state index contributed by atoms with van der Waals surface area (Å²) in [4.78, 5) is 14.4. The van der Waals surface area contributed by atoms with Crippen LogP contribution in [-0.2, 0) is 4.79 Å². The molecule has 6 nitrogen and oxygen atoms in total. The van der Waals surface area contributed by atoms with E-state index < -0.39 is 0 Å². The molecule has 0 saturated heterocycles. The Hall–Kier alpha value is -3.25. The number of allylic oxidation sites excluding steroid dienone is 1. The van der Waals surface area contributed by atoms with E-state index in [4.69, 9.17) is 13.9 Å². The number of nitrogens with one attached hydrogen (secondary N) is 1. The maximum absolute atomic E-state index is 12.4. The lowest BCUT2D eigenvalue weighted by atomic mass is 9.96. The van der Waals surface area contributed by atoms with Crippen molar-refractivity contribution in [2.45, 2.75) is 13.8 Å². The Morgan fingerprint density at radius 1 is 1.16 bits per heavy atom. The minimum Gasteiger partial charge on any atom is -0.497 e. The SMILES string of the molecule is COc1ccc(-c2coc3c(C)c(OC)c(/C(C)=C/C(=O)NCCN(C)C)cc23)cc1. The van der Waals surface area contributed by atoms with Crippen LogP contribution in [0.2, 0.25) is 0 Å². The molecule has 1 N–H and O–H groups in total. The molecular weight excluding hydrogens is 392 g/mol. The van der Waals surface area contributed by atoms with Gasteiger partial charge in [-0.15, -0.1) is 0 Å². The zero-order valence-corrected chi connectivity index (χ0v) is 19.0. The molecule has 0 atom stereocenters. The summed E-state index contributed by atoms with van der Waals surface area (Å²) in [7, 11) is 7.23. The first kappa shape index (κ1) is 22.4. The predicted octanol–water partition coefficient (Wildman–Crippen LogP) is 4.51. The molecule has 0 aliphatic heterocycles. The number of rotatable bonds is 8. The molecule has 3 aromatic rings. The summed E-state index contributed by atoms with van der Waals surface area (Å²) >= 11 is 0. The van der Waals surface area contributed by atoms with Crippen molar-refractivity contribution in [3.8, 4) is 22.6 Å². The number of aryl methyl sites for hydroxylation is 1. The van der Waals surface area contributed by atoms with Gasteiger partial charge in [0.05, 0.1) is 20.5 Å². The quantitative estimate of drug-likeness (QED) is 0.541. The lowest BCUT2D eigenvalue weighted by Crippen LogP contribution is -2.30. The van der Waals surface area contributed by atoms with Crippen LogP contribution in [0.15, 0.2) is 47.1 Å². The molecular formula is C25H30N2O4. The summed E-state index contributed by atoms with van der Waals surface area (Å²) in [6, 6.07) is 9.89. The average molecular weight is 423 g/mol. The molecule has 2 aromatic carbocycles. The maximum Gasteiger partial charge on any atom is 0.244 e. The standard InChI is InChI=1S/C25H30N2O4/c1-16(13-23(28)26-11-12-27(3)4)20-14-21-22(18-7-9-19(29-5)10-8-18)15-31-25(21)17(2)24(20)30-6/h7-10,13-15H,11-12H2,1-6H3,(H,26,28)/b16-13+. The molecule has 0 bridgehead atoms. The van der Waals surface area contributed by atoms with Crippen molar-refractivity contribution in [3.63, 3.8) is 0 Å². The first-order valence-electron chi connectivity index (χ1n) is 10.2. The van der Waals surface area contributed by atoms with E-state index in [1.165, 1.54) is 0 Å². The molecule has 0 radical (unpaired) electrons. The number of hydrogen-bond donors (Lipinski definition) is 1. The molecule has 31 heavy (non-hydrogen) atoms. The zero-order valence-electron chi connectivity index (χ0n) is 19.0. The van der Waals surface area contributed by atoms with E-state index in [-0.39, 0.29) is 5.91 Å². The fourth-order valence-electron chi connectivity index (χ4n) is 3.59. The number of carbonyl (C=O) groups is 1. The molecule has 0 aliphatic carbocycles. The van der Waals surface area contributed by atoms with Crippen LogP contribution in [0.5, 0.6) is 11.5 Å². The molecule has 0 fully saturated rings. The smallest absolute Gasteiger partial charge is 0.244 e. The van der Waals surface area contributed by atoms with Gasteiger partial charge in [0.15, 0.2) is 0 Å². The first-order chi connectivity index (χ1) is 14.8. The monoisotopic (exact) mass is 422 g/mol. The third kappa shape index (κ3) is 4.91. The second kappa shape index (κ2) is 9.71. The Morgan fingerprint density at radius 3 is 2.48 bits per heavy atom. The van der Waals surface area contributed by atoms with Crippen molar-refractivity contribution < 1.29 is 18.7 Å². The minimum atomic E-state index is -0.123. The van der Waals surface area contributed by atoms with E-state index in [1.54, 1.807) is 26.6 Å². The second-order valence-corrected chi connectivity index (χ2v) is 7.76. The zero-order chi connectivity index (χ0) is 22.5. The van der Waals surface area contributed by atoms with Gasteiger partial charge in [0, 0.05) is 41.2 Å². The summed E-state index contributed by atoms with van der Waals surface area (Å²) in [6.07, 6.45) is 3.38. The number of fused-ring (bicyclic) bond motifs is 1. The number of furan rings is 1. The van der Waals surface area contributed by atoms with Crippen LogP contribution >= 0.6 is 0 Å². The van der Waals surface area contributed by atoms with E-state index in [1.807, 2.05) is 63.2 Å². The summed E-state index contributed by atoms with van der Waals surface area (Å²) in [5.74, 6) is 1.38. The summed E-state index contributed by atoms with van der Waals surface area (Å²) < 4.78 is 16.9. The van der Waals surface area contributed by atoms with E-state index in [0.29, 0.717) is 12.3 Å². The van der Waals surface area contributed by atoms with E-state index >= 15 is 0 Å². The van der Waals surface area contributed by atoms with E-state index in [2.05, 4.69) is 5.32 Å². The second-order valence-electron chi connectivity index (χ2n) is 7.76. The van der Waals surface area contributed by atoms with Gasteiger partial charge in [-0.2, -0.15) is 0 Å². The molecule has 3 rings (SSSR count). The molecule has 0 saturated carbocycles. The summed E-state index contributed by atoms with van der Waals surface area (Å²) in [5, 5.41) is 3.89. The Labute approximate surface area is 183 Å².